The number of benzene rings is 2. The summed E-state index contributed by atoms with van der Waals surface area (Å²) in [4.78, 5) is 30.7. The number of carbonyl (C=O) groups is 1. The number of nitrogens with one attached hydrogen (secondary N) is 1. The van der Waals surface area contributed by atoms with Crippen molar-refractivity contribution in [3.05, 3.63) is 58.4 Å². The fraction of sp³-hybridized carbons (Fsp3) is 0.348. The summed E-state index contributed by atoms with van der Waals surface area (Å²) in [6.07, 6.45) is 0.786. The van der Waals surface area contributed by atoms with Gasteiger partial charge in [-0.15, -0.1) is 0 Å². The van der Waals surface area contributed by atoms with Gasteiger partial charge in [0.15, 0.2) is 5.16 Å². The zero-order chi connectivity index (χ0) is 21.8. The second-order valence-corrected chi connectivity index (χ2v) is 8.60. The van der Waals surface area contributed by atoms with Gasteiger partial charge in [-0.05, 0) is 57.0 Å². The molecule has 0 spiro atoms. The number of hydrogen-bond acceptors (Lipinski definition) is 5. The van der Waals surface area contributed by atoms with Gasteiger partial charge in [-0.25, -0.2) is 4.98 Å². The van der Waals surface area contributed by atoms with Crippen LogP contribution in [-0.2, 0) is 4.79 Å². The summed E-state index contributed by atoms with van der Waals surface area (Å²) in [5.41, 5.74) is 2.21. The zero-order valence-corrected chi connectivity index (χ0v) is 18.7. The summed E-state index contributed by atoms with van der Waals surface area (Å²) >= 11 is 1.29. The summed E-state index contributed by atoms with van der Waals surface area (Å²) in [5, 5.41) is 3.61. The normalized spacial score (nSPS) is 13.1. The Morgan fingerprint density at radius 2 is 1.97 bits per heavy atom. The first-order valence-corrected chi connectivity index (χ1v) is 10.9. The van der Waals surface area contributed by atoms with Crippen molar-refractivity contribution in [2.45, 2.75) is 50.6 Å². The topological polar surface area (TPSA) is 73.2 Å². The Kier molecular flexibility index (Phi) is 6.82. The Hall–Kier alpha value is -2.80. The predicted octanol–water partition coefficient (Wildman–Crippen LogP) is 4.80. The van der Waals surface area contributed by atoms with Gasteiger partial charge in [-0.1, -0.05) is 36.9 Å². The summed E-state index contributed by atoms with van der Waals surface area (Å²) in [7, 11) is 1.57. The minimum atomic E-state index is -0.460. The molecule has 1 N–H and O–H groups in total. The third-order valence-corrected chi connectivity index (χ3v) is 6.14. The largest absolute Gasteiger partial charge is 0.495 e. The molecular weight excluding hydrogens is 398 g/mol. The first-order chi connectivity index (χ1) is 14.3. The fourth-order valence-electron chi connectivity index (χ4n) is 3.15. The number of para-hydroxylation sites is 1. The van der Waals surface area contributed by atoms with Crippen molar-refractivity contribution in [1.82, 2.24) is 9.55 Å². The van der Waals surface area contributed by atoms with Gasteiger partial charge in [0.2, 0.25) is 5.91 Å². The molecule has 0 fully saturated rings. The standard InChI is InChI=1S/C23H27N3O3S/c1-6-15(3)26-22(28)17-9-7-8-10-18(17)25-23(26)30-16(4)21(27)24-19-13-14(2)11-12-20(19)29-5/h7-13,15-16H,6H2,1-5H3,(H,24,27)/t15-,16-/m0/s1. The minimum absolute atomic E-state index is 0.0239. The highest BCUT2D eigenvalue weighted by Crippen LogP contribution is 2.29. The van der Waals surface area contributed by atoms with E-state index in [9.17, 15) is 9.59 Å². The van der Waals surface area contributed by atoms with Crippen molar-refractivity contribution in [2.75, 3.05) is 12.4 Å². The molecule has 1 amide bonds. The van der Waals surface area contributed by atoms with Crippen LogP contribution in [-0.4, -0.2) is 27.8 Å². The van der Waals surface area contributed by atoms with Crippen molar-refractivity contribution in [2.24, 2.45) is 0 Å². The number of aryl methyl sites for hydroxylation is 1. The zero-order valence-electron chi connectivity index (χ0n) is 17.9. The van der Waals surface area contributed by atoms with Gasteiger partial charge < -0.3 is 10.1 Å². The number of thioether (sulfide) groups is 1. The highest BCUT2D eigenvalue weighted by molar-refractivity contribution is 8.00. The second-order valence-electron chi connectivity index (χ2n) is 7.30. The van der Waals surface area contributed by atoms with E-state index in [2.05, 4.69) is 5.32 Å². The molecule has 1 aromatic heterocycles. The van der Waals surface area contributed by atoms with E-state index in [0.717, 1.165) is 12.0 Å². The maximum atomic E-state index is 13.1. The predicted molar refractivity (Wildman–Crippen MR) is 123 cm³/mol. The summed E-state index contributed by atoms with van der Waals surface area (Å²) < 4.78 is 7.05. The quantitative estimate of drug-likeness (QED) is 0.435. The molecule has 0 aliphatic rings. The first-order valence-electron chi connectivity index (χ1n) is 9.99. The Bertz CT molecular complexity index is 1130. The van der Waals surface area contributed by atoms with Crippen molar-refractivity contribution < 1.29 is 9.53 Å². The Morgan fingerprint density at radius 3 is 2.67 bits per heavy atom. The van der Waals surface area contributed by atoms with E-state index >= 15 is 0 Å². The highest BCUT2D eigenvalue weighted by Gasteiger charge is 2.22. The van der Waals surface area contributed by atoms with Gasteiger partial charge in [0.05, 0.1) is 29.0 Å². The number of anilines is 1. The second kappa shape index (κ2) is 9.34. The molecule has 158 valence electrons. The van der Waals surface area contributed by atoms with E-state index in [-0.39, 0.29) is 17.5 Å². The van der Waals surface area contributed by atoms with Gasteiger partial charge in [-0.2, -0.15) is 0 Å². The molecule has 6 nitrogen and oxygen atoms in total. The monoisotopic (exact) mass is 425 g/mol. The van der Waals surface area contributed by atoms with Crippen molar-refractivity contribution in [1.29, 1.82) is 0 Å². The molecular formula is C23H27N3O3S. The maximum Gasteiger partial charge on any atom is 0.262 e. The summed E-state index contributed by atoms with van der Waals surface area (Å²) in [5.74, 6) is 0.425. The van der Waals surface area contributed by atoms with E-state index in [1.54, 1.807) is 17.7 Å². The van der Waals surface area contributed by atoms with Crippen molar-refractivity contribution >= 4 is 34.3 Å². The van der Waals surface area contributed by atoms with Crippen LogP contribution < -0.4 is 15.6 Å². The lowest BCUT2D eigenvalue weighted by molar-refractivity contribution is -0.115. The van der Waals surface area contributed by atoms with Gasteiger partial charge >= 0.3 is 0 Å². The number of rotatable bonds is 7. The molecule has 3 rings (SSSR count). The van der Waals surface area contributed by atoms with E-state index < -0.39 is 5.25 Å². The maximum absolute atomic E-state index is 13.1. The Morgan fingerprint density at radius 1 is 1.23 bits per heavy atom. The van der Waals surface area contributed by atoms with Crippen LogP contribution in [0.5, 0.6) is 5.75 Å². The number of carbonyl (C=O) groups excluding carboxylic acids is 1. The molecule has 2 atom stereocenters. The van der Waals surface area contributed by atoms with Gasteiger partial charge in [0, 0.05) is 6.04 Å². The number of amides is 1. The third-order valence-electron chi connectivity index (χ3n) is 5.07. The van der Waals surface area contributed by atoms with Crippen molar-refractivity contribution in [3.8, 4) is 5.75 Å². The highest BCUT2D eigenvalue weighted by atomic mass is 32.2. The molecule has 0 bridgehead atoms. The lowest BCUT2D eigenvalue weighted by atomic mass is 10.2. The van der Waals surface area contributed by atoms with Crippen LogP contribution in [0.2, 0.25) is 0 Å². The van der Waals surface area contributed by atoms with E-state index in [4.69, 9.17) is 9.72 Å². The molecule has 0 aliphatic carbocycles. The van der Waals surface area contributed by atoms with Crippen LogP contribution in [0.4, 0.5) is 5.69 Å². The summed E-state index contributed by atoms with van der Waals surface area (Å²) in [6, 6.07) is 12.9. The molecule has 1 heterocycles. The van der Waals surface area contributed by atoms with Crippen LogP contribution in [0.25, 0.3) is 10.9 Å². The molecule has 0 saturated carbocycles. The molecule has 30 heavy (non-hydrogen) atoms. The van der Waals surface area contributed by atoms with Gasteiger partial charge in [-0.3, -0.25) is 14.2 Å². The van der Waals surface area contributed by atoms with Crippen LogP contribution in [0.15, 0.2) is 52.4 Å². The Labute approximate surface area is 180 Å². The molecule has 3 aromatic rings. The van der Waals surface area contributed by atoms with Crippen LogP contribution >= 0.6 is 11.8 Å². The minimum Gasteiger partial charge on any atom is -0.495 e. The SMILES string of the molecule is CC[C@H](C)n1c(S[C@@H](C)C(=O)Nc2cc(C)ccc2OC)nc2ccccc2c1=O. The number of nitrogens with zero attached hydrogens (tertiary/aromatic N) is 2. The molecule has 0 aliphatic heterocycles. The number of ether oxygens (including phenoxy) is 1. The summed E-state index contributed by atoms with van der Waals surface area (Å²) in [6.45, 7) is 7.78. The average molecular weight is 426 g/mol. The van der Waals surface area contributed by atoms with E-state index in [0.29, 0.717) is 27.5 Å². The molecule has 0 saturated heterocycles. The van der Waals surface area contributed by atoms with Crippen LogP contribution in [0.3, 0.4) is 0 Å². The number of aromatic nitrogens is 2. The van der Waals surface area contributed by atoms with Crippen LogP contribution in [0.1, 0.15) is 38.8 Å². The number of hydrogen-bond donors (Lipinski definition) is 1. The fourth-order valence-corrected chi connectivity index (χ4v) is 4.16. The molecule has 0 radical (unpaired) electrons. The lowest BCUT2D eigenvalue weighted by Crippen LogP contribution is -2.28. The smallest absolute Gasteiger partial charge is 0.262 e. The average Bonchev–Trinajstić information content (AvgIpc) is 2.73. The van der Waals surface area contributed by atoms with E-state index in [1.807, 2.05) is 64.1 Å². The first kappa shape index (κ1) is 21.9. The molecule has 7 heteroatoms. The third kappa shape index (κ3) is 4.51. The van der Waals surface area contributed by atoms with Crippen LogP contribution in [0, 0.1) is 6.92 Å². The van der Waals surface area contributed by atoms with Crippen molar-refractivity contribution in [3.63, 3.8) is 0 Å². The van der Waals surface area contributed by atoms with Gasteiger partial charge in [0.1, 0.15) is 5.75 Å². The number of methoxy groups -OCH3 is 1. The number of fused-ring (bicyclic) bond motifs is 1. The molecule has 0 unspecified atom stereocenters. The van der Waals surface area contributed by atoms with Gasteiger partial charge in [0.25, 0.3) is 5.56 Å². The Balaban J connectivity index is 1.92. The molecule has 2 aromatic carbocycles. The van der Waals surface area contributed by atoms with E-state index in [1.165, 1.54) is 11.8 Å². The lowest BCUT2D eigenvalue weighted by Gasteiger charge is -2.20.